The van der Waals surface area contributed by atoms with Crippen LogP contribution in [0.25, 0.3) is 0 Å². The van der Waals surface area contributed by atoms with Crippen molar-refractivity contribution in [2.45, 2.75) is 24.3 Å². The first-order valence-corrected chi connectivity index (χ1v) is 8.56. The molecule has 0 spiro atoms. The monoisotopic (exact) mass is 323 g/mol. The van der Waals surface area contributed by atoms with E-state index in [0.717, 1.165) is 18.5 Å². The summed E-state index contributed by atoms with van der Waals surface area (Å²) < 4.78 is 13.3. The first-order chi connectivity index (χ1) is 10.2. The molecule has 0 aliphatic carbocycles. The molecule has 1 atom stereocenters. The first-order valence-electron chi connectivity index (χ1n) is 6.96. The molecule has 0 aliphatic rings. The van der Waals surface area contributed by atoms with Crippen molar-refractivity contribution < 1.29 is 4.39 Å². The van der Waals surface area contributed by atoms with Gasteiger partial charge in [0.1, 0.15) is 5.82 Å². The van der Waals surface area contributed by atoms with Crippen molar-refractivity contribution in [1.82, 2.24) is 5.32 Å². The van der Waals surface area contributed by atoms with Crippen LogP contribution in [0.4, 0.5) is 4.39 Å². The Morgan fingerprint density at radius 2 is 2.00 bits per heavy atom. The second-order valence-electron chi connectivity index (χ2n) is 4.80. The van der Waals surface area contributed by atoms with Crippen LogP contribution >= 0.6 is 23.4 Å². The van der Waals surface area contributed by atoms with Gasteiger partial charge < -0.3 is 5.32 Å². The summed E-state index contributed by atoms with van der Waals surface area (Å²) in [4.78, 5) is 1.26. The normalized spacial score (nSPS) is 12.4. The Morgan fingerprint density at radius 1 is 1.24 bits per heavy atom. The zero-order valence-electron chi connectivity index (χ0n) is 12.2. The van der Waals surface area contributed by atoms with Gasteiger partial charge in [0.2, 0.25) is 0 Å². The zero-order chi connectivity index (χ0) is 15.2. The highest BCUT2D eigenvalue weighted by molar-refractivity contribution is 7.98. The first kappa shape index (κ1) is 16.3. The van der Waals surface area contributed by atoms with E-state index in [1.807, 2.05) is 6.07 Å². The van der Waals surface area contributed by atoms with Crippen molar-refractivity contribution in [1.29, 1.82) is 0 Å². The second kappa shape index (κ2) is 7.83. The second-order valence-corrected chi connectivity index (χ2v) is 6.06. The fraction of sp³-hybridized carbons (Fsp3) is 0.294. The molecule has 1 nitrogen and oxygen atoms in total. The summed E-state index contributed by atoms with van der Waals surface area (Å²) in [5.74, 6) is -0.370. The van der Waals surface area contributed by atoms with Crippen LogP contribution in [-0.4, -0.2) is 12.8 Å². The van der Waals surface area contributed by atoms with E-state index in [9.17, 15) is 4.39 Å². The molecule has 4 heteroatoms. The molecule has 0 amide bonds. The fourth-order valence-electron chi connectivity index (χ4n) is 2.40. The summed E-state index contributed by atoms with van der Waals surface area (Å²) in [6, 6.07) is 13.5. The van der Waals surface area contributed by atoms with E-state index in [0.29, 0.717) is 0 Å². The molecule has 0 saturated heterocycles. The van der Waals surface area contributed by atoms with Crippen molar-refractivity contribution >= 4 is 23.4 Å². The number of thioether (sulfide) groups is 1. The number of rotatable bonds is 6. The topological polar surface area (TPSA) is 12.0 Å². The number of hydrogen-bond donors (Lipinski definition) is 1. The predicted molar refractivity (Wildman–Crippen MR) is 89.8 cm³/mol. The average molecular weight is 324 g/mol. The summed E-state index contributed by atoms with van der Waals surface area (Å²) in [5.41, 5.74) is 2.30. The van der Waals surface area contributed by atoms with Crippen LogP contribution in [0.3, 0.4) is 0 Å². The number of likely N-dealkylation sites (N-methyl/N-ethyl adjacent to an activating group) is 1. The molecule has 0 heterocycles. The molecule has 0 aromatic heterocycles. The summed E-state index contributed by atoms with van der Waals surface area (Å²) in [5, 5.41) is 3.69. The molecule has 21 heavy (non-hydrogen) atoms. The van der Waals surface area contributed by atoms with Gasteiger partial charge in [-0.05, 0) is 48.5 Å². The predicted octanol–water partition coefficient (Wildman–Crippen LogP) is 5.09. The van der Waals surface area contributed by atoms with Gasteiger partial charge in [0, 0.05) is 10.9 Å². The summed E-state index contributed by atoms with van der Waals surface area (Å²) >= 11 is 7.62. The largest absolute Gasteiger partial charge is 0.310 e. The van der Waals surface area contributed by atoms with Crippen molar-refractivity contribution in [2.24, 2.45) is 0 Å². The number of nitrogens with one attached hydrogen (secondary N) is 1. The van der Waals surface area contributed by atoms with Crippen LogP contribution in [-0.2, 0) is 6.42 Å². The lowest BCUT2D eigenvalue weighted by atomic mass is 9.98. The van der Waals surface area contributed by atoms with Crippen molar-refractivity contribution in [3.63, 3.8) is 0 Å². The third-order valence-corrected chi connectivity index (χ3v) is 4.49. The highest BCUT2D eigenvalue weighted by Crippen LogP contribution is 2.29. The Labute approximate surface area is 134 Å². The average Bonchev–Trinajstić information content (AvgIpc) is 2.50. The molecule has 2 aromatic rings. The Bertz CT molecular complexity index is 603. The summed E-state index contributed by atoms with van der Waals surface area (Å²) in [6.45, 7) is 2.97. The molecule has 112 valence electrons. The minimum absolute atomic E-state index is 0.181. The molecule has 2 aromatic carbocycles. The lowest BCUT2D eigenvalue weighted by Crippen LogP contribution is -2.23. The van der Waals surface area contributed by atoms with Gasteiger partial charge in [-0.1, -0.05) is 42.8 Å². The van der Waals surface area contributed by atoms with E-state index < -0.39 is 0 Å². The van der Waals surface area contributed by atoms with Crippen molar-refractivity contribution in [2.75, 3.05) is 12.8 Å². The molecule has 1 N–H and O–H groups in total. The van der Waals surface area contributed by atoms with E-state index in [2.05, 4.69) is 36.7 Å². The molecule has 0 saturated carbocycles. The minimum Gasteiger partial charge on any atom is -0.310 e. The lowest BCUT2D eigenvalue weighted by Gasteiger charge is -2.21. The number of benzene rings is 2. The fourth-order valence-corrected chi connectivity index (χ4v) is 3.26. The van der Waals surface area contributed by atoms with E-state index in [-0.39, 0.29) is 16.9 Å². The Morgan fingerprint density at radius 3 is 2.67 bits per heavy atom. The van der Waals surface area contributed by atoms with Crippen LogP contribution in [0, 0.1) is 5.82 Å². The van der Waals surface area contributed by atoms with Crippen LogP contribution < -0.4 is 5.32 Å². The molecular formula is C17H19ClFNS. The maximum Gasteiger partial charge on any atom is 0.141 e. The van der Waals surface area contributed by atoms with Gasteiger partial charge in [-0.2, -0.15) is 0 Å². The summed E-state index contributed by atoms with van der Waals surface area (Å²) in [7, 11) is 0. The quantitative estimate of drug-likeness (QED) is 0.743. The Hall–Kier alpha value is -1.03. The van der Waals surface area contributed by atoms with Crippen LogP contribution in [0.2, 0.25) is 5.02 Å². The van der Waals surface area contributed by atoms with Gasteiger partial charge in [0.05, 0.1) is 5.02 Å². The minimum atomic E-state index is -0.370. The lowest BCUT2D eigenvalue weighted by molar-refractivity contribution is 0.541. The molecule has 1 unspecified atom stereocenters. The van der Waals surface area contributed by atoms with Gasteiger partial charge in [-0.3, -0.25) is 0 Å². The molecule has 0 bridgehead atoms. The highest BCUT2D eigenvalue weighted by atomic mass is 35.5. The van der Waals surface area contributed by atoms with E-state index in [1.54, 1.807) is 23.9 Å². The number of hydrogen-bond acceptors (Lipinski definition) is 2. The standard InChI is InChI=1S/C17H19ClFNS/c1-3-20-16(13-6-4-5-7-17(13)21-2)11-12-8-9-15(19)14(18)10-12/h4-10,16,20H,3,11H2,1-2H3. The maximum absolute atomic E-state index is 13.3. The number of halogens is 2. The third kappa shape index (κ3) is 4.22. The maximum atomic E-state index is 13.3. The van der Waals surface area contributed by atoms with Crippen LogP contribution in [0.1, 0.15) is 24.1 Å². The van der Waals surface area contributed by atoms with Gasteiger partial charge in [-0.25, -0.2) is 4.39 Å². The molecular weight excluding hydrogens is 305 g/mol. The van der Waals surface area contributed by atoms with Gasteiger partial charge >= 0.3 is 0 Å². The summed E-state index contributed by atoms with van der Waals surface area (Å²) in [6.07, 6.45) is 2.86. The molecule has 2 rings (SSSR count). The van der Waals surface area contributed by atoms with Gasteiger partial charge in [0.25, 0.3) is 0 Å². The smallest absolute Gasteiger partial charge is 0.141 e. The molecule has 0 fully saturated rings. The Kier molecular flexibility index (Phi) is 6.09. The molecule has 0 aliphatic heterocycles. The third-order valence-electron chi connectivity index (χ3n) is 3.39. The van der Waals surface area contributed by atoms with E-state index in [1.165, 1.54) is 16.5 Å². The highest BCUT2D eigenvalue weighted by Gasteiger charge is 2.15. The SMILES string of the molecule is CCNC(Cc1ccc(F)c(Cl)c1)c1ccccc1SC. The van der Waals surface area contributed by atoms with Crippen LogP contribution in [0.5, 0.6) is 0 Å². The van der Waals surface area contributed by atoms with Crippen LogP contribution in [0.15, 0.2) is 47.4 Å². The Balaban J connectivity index is 2.28. The van der Waals surface area contributed by atoms with E-state index in [4.69, 9.17) is 11.6 Å². The van der Waals surface area contributed by atoms with E-state index >= 15 is 0 Å². The van der Waals surface area contributed by atoms with Crippen molar-refractivity contribution in [3.8, 4) is 0 Å². The van der Waals surface area contributed by atoms with Gasteiger partial charge in [-0.15, -0.1) is 11.8 Å². The zero-order valence-corrected chi connectivity index (χ0v) is 13.8. The van der Waals surface area contributed by atoms with Gasteiger partial charge in [0.15, 0.2) is 0 Å². The molecule has 0 radical (unpaired) electrons. The van der Waals surface area contributed by atoms with Crippen molar-refractivity contribution in [3.05, 3.63) is 64.4 Å².